The highest BCUT2D eigenvalue weighted by atomic mass is 79.9. The van der Waals surface area contributed by atoms with Crippen molar-refractivity contribution in [1.29, 1.82) is 0 Å². The zero-order valence-electron chi connectivity index (χ0n) is 11.1. The van der Waals surface area contributed by atoms with Gasteiger partial charge in [0, 0.05) is 32.9 Å². The Bertz CT molecular complexity index is 679. The first-order chi connectivity index (χ1) is 10.2. The average Bonchev–Trinajstić information content (AvgIpc) is 2.96. The number of halogens is 2. The van der Waals surface area contributed by atoms with E-state index < -0.39 is 0 Å². The maximum absolute atomic E-state index is 12.7. The minimum absolute atomic E-state index is 0.00909. The second-order valence-corrected chi connectivity index (χ2v) is 7.26. The topological polar surface area (TPSA) is 20.3 Å². The Morgan fingerprint density at radius 2 is 2.05 bits per heavy atom. The number of amides is 1. The van der Waals surface area contributed by atoms with Crippen LogP contribution >= 0.6 is 39.3 Å². The predicted octanol–water partition coefficient (Wildman–Crippen LogP) is 4.99. The van der Waals surface area contributed by atoms with E-state index in [1.54, 1.807) is 11.8 Å². The van der Waals surface area contributed by atoms with Crippen molar-refractivity contribution in [2.75, 3.05) is 12.3 Å². The molecule has 0 saturated carbocycles. The van der Waals surface area contributed by atoms with Crippen molar-refractivity contribution in [3.05, 3.63) is 69.2 Å². The first kappa shape index (κ1) is 14.9. The van der Waals surface area contributed by atoms with Crippen LogP contribution in [0.2, 0.25) is 5.02 Å². The molecule has 0 N–H and O–H groups in total. The molecular weight excluding hydrogens is 370 g/mol. The van der Waals surface area contributed by atoms with Gasteiger partial charge in [-0.15, -0.1) is 11.8 Å². The van der Waals surface area contributed by atoms with Crippen LogP contribution in [0.5, 0.6) is 0 Å². The Hall–Kier alpha value is -0.970. The number of hydrogen-bond donors (Lipinski definition) is 0. The first-order valence-corrected chi connectivity index (χ1v) is 8.81. The molecule has 1 saturated heterocycles. The standard InChI is InChI=1S/C16H13BrClNOS/c17-12-5-3-4-11(10-12)15(20)19-8-9-21-16(19)13-6-1-2-7-14(13)18/h1-7,10,16H,8-9H2. The van der Waals surface area contributed by atoms with Crippen LogP contribution in [-0.2, 0) is 0 Å². The Morgan fingerprint density at radius 1 is 1.24 bits per heavy atom. The SMILES string of the molecule is O=C(c1cccc(Br)c1)N1CCSC1c1ccccc1Cl. The van der Waals surface area contributed by atoms with Crippen LogP contribution in [0.15, 0.2) is 53.0 Å². The number of nitrogens with zero attached hydrogens (tertiary/aromatic N) is 1. The summed E-state index contributed by atoms with van der Waals surface area (Å²) in [5.41, 5.74) is 1.70. The smallest absolute Gasteiger partial charge is 0.255 e. The molecular formula is C16H13BrClNOS. The highest BCUT2D eigenvalue weighted by molar-refractivity contribution is 9.10. The van der Waals surface area contributed by atoms with Gasteiger partial charge in [-0.2, -0.15) is 0 Å². The van der Waals surface area contributed by atoms with Gasteiger partial charge in [0.25, 0.3) is 5.91 Å². The van der Waals surface area contributed by atoms with E-state index in [9.17, 15) is 4.79 Å². The quantitative estimate of drug-likeness (QED) is 0.729. The van der Waals surface area contributed by atoms with E-state index in [0.717, 1.165) is 22.3 Å². The number of hydrogen-bond acceptors (Lipinski definition) is 2. The number of rotatable bonds is 2. The van der Waals surface area contributed by atoms with Crippen LogP contribution in [0.1, 0.15) is 21.3 Å². The van der Waals surface area contributed by atoms with Gasteiger partial charge in [0.1, 0.15) is 5.37 Å². The Kier molecular flexibility index (Phi) is 4.57. The number of thioether (sulfide) groups is 1. The van der Waals surface area contributed by atoms with E-state index in [0.29, 0.717) is 10.6 Å². The molecule has 0 radical (unpaired) electrons. The third kappa shape index (κ3) is 3.12. The highest BCUT2D eigenvalue weighted by Gasteiger charge is 2.32. The number of carbonyl (C=O) groups excluding carboxylic acids is 1. The van der Waals surface area contributed by atoms with Gasteiger partial charge in [0.2, 0.25) is 0 Å². The third-order valence-electron chi connectivity index (χ3n) is 3.39. The largest absolute Gasteiger partial charge is 0.322 e. The fraction of sp³-hybridized carbons (Fsp3) is 0.188. The maximum Gasteiger partial charge on any atom is 0.255 e. The summed E-state index contributed by atoms with van der Waals surface area (Å²) in [6, 6.07) is 15.2. The van der Waals surface area contributed by atoms with Crippen LogP contribution in [0.4, 0.5) is 0 Å². The van der Waals surface area contributed by atoms with Crippen molar-refractivity contribution in [3.63, 3.8) is 0 Å². The van der Waals surface area contributed by atoms with Gasteiger partial charge in [0.05, 0.1) is 0 Å². The van der Waals surface area contributed by atoms with Gasteiger partial charge in [-0.1, -0.05) is 51.8 Å². The van der Waals surface area contributed by atoms with Crippen LogP contribution in [0.25, 0.3) is 0 Å². The van der Waals surface area contributed by atoms with Gasteiger partial charge in [0.15, 0.2) is 0 Å². The van der Waals surface area contributed by atoms with Crippen molar-refractivity contribution >= 4 is 45.2 Å². The molecule has 0 aliphatic carbocycles. The first-order valence-electron chi connectivity index (χ1n) is 6.59. The van der Waals surface area contributed by atoms with E-state index in [1.165, 1.54) is 0 Å². The van der Waals surface area contributed by atoms with Gasteiger partial charge < -0.3 is 4.90 Å². The van der Waals surface area contributed by atoms with Crippen LogP contribution < -0.4 is 0 Å². The normalized spacial score (nSPS) is 18.0. The minimum Gasteiger partial charge on any atom is -0.322 e. The molecule has 1 amide bonds. The number of carbonyl (C=O) groups is 1. The molecule has 2 aromatic rings. The van der Waals surface area contributed by atoms with E-state index in [2.05, 4.69) is 15.9 Å². The summed E-state index contributed by atoms with van der Waals surface area (Å²) in [5.74, 6) is 0.974. The van der Waals surface area contributed by atoms with Crippen LogP contribution in [0.3, 0.4) is 0 Å². The van der Waals surface area contributed by atoms with Crippen LogP contribution in [0, 0.1) is 0 Å². The Morgan fingerprint density at radius 3 is 2.81 bits per heavy atom. The summed E-state index contributed by atoms with van der Waals surface area (Å²) in [6.07, 6.45) is 0. The van der Waals surface area contributed by atoms with Crippen molar-refractivity contribution in [3.8, 4) is 0 Å². The average molecular weight is 383 g/mol. The molecule has 1 fully saturated rings. The molecule has 5 heteroatoms. The highest BCUT2D eigenvalue weighted by Crippen LogP contribution is 2.41. The lowest BCUT2D eigenvalue weighted by Crippen LogP contribution is -2.30. The van der Waals surface area contributed by atoms with E-state index >= 15 is 0 Å². The molecule has 21 heavy (non-hydrogen) atoms. The molecule has 1 aliphatic heterocycles. The zero-order chi connectivity index (χ0) is 14.8. The van der Waals surface area contributed by atoms with E-state index in [-0.39, 0.29) is 11.3 Å². The van der Waals surface area contributed by atoms with Crippen molar-refractivity contribution in [1.82, 2.24) is 4.90 Å². The molecule has 108 valence electrons. The summed E-state index contributed by atoms with van der Waals surface area (Å²) in [4.78, 5) is 14.6. The summed E-state index contributed by atoms with van der Waals surface area (Å²) < 4.78 is 0.912. The lowest BCUT2D eigenvalue weighted by atomic mass is 10.1. The fourth-order valence-corrected chi connectivity index (χ4v) is 4.39. The van der Waals surface area contributed by atoms with Gasteiger partial charge in [-0.25, -0.2) is 0 Å². The molecule has 1 aliphatic rings. The molecule has 1 unspecified atom stereocenters. The van der Waals surface area contributed by atoms with Gasteiger partial charge >= 0.3 is 0 Å². The van der Waals surface area contributed by atoms with Crippen molar-refractivity contribution in [2.45, 2.75) is 5.37 Å². The Balaban J connectivity index is 1.91. The van der Waals surface area contributed by atoms with Gasteiger partial charge in [-0.3, -0.25) is 4.79 Å². The summed E-state index contributed by atoms with van der Waals surface area (Å²) in [7, 11) is 0. The number of benzene rings is 2. The van der Waals surface area contributed by atoms with Gasteiger partial charge in [-0.05, 0) is 24.3 Å². The molecule has 0 spiro atoms. The molecule has 2 nitrogen and oxygen atoms in total. The lowest BCUT2D eigenvalue weighted by molar-refractivity contribution is 0.0760. The van der Waals surface area contributed by atoms with Crippen molar-refractivity contribution < 1.29 is 4.79 Å². The summed E-state index contributed by atoms with van der Waals surface area (Å²) in [5, 5.41) is 0.703. The molecule has 1 heterocycles. The molecule has 2 aromatic carbocycles. The van der Waals surface area contributed by atoms with Crippen molar-refractivity contribution in [2.24, 2.45) is 0 Å². The maximum atomic E-state index is 12.7. The molecule has 0 aromatic heterocycles. The summed E-state index contributed by atoms with van der Waals surface area (Å²) in [6.45, 7) is 0.742. The molecule has 0 bridgehead atoms. The minimum atomic E-state index is -0.00909. The Labute approximate surface area is 141 Å². The second kappa shape index (κ2) is 6.42. The second-order valence-electron chi connectivity index (χ2n) is 4.75. The summed E-state index contributed by atoms with van der Waals surface area (Å²) >= 11 is 11.5. The van der Waals surface area contributed by atoms with Crippen LogP contribution in [-0.4, -0.2) is 23.1 Å². The van der Waals surface area contributed by atoms with E-state index in [1.807, 2.05) is 53.4 Å². The lowest BCUT2D eigenvalue weighted by Gasteiger charge is -2.25. The predicted molar refractivity (Wildman–Crippen MR) is 91.8 cm³/mol. The fourth-order valence-electron chi connectivity index (χ4n) is 2.40. The molecule has 1 atom stereocenters. The molecule has 3 rings (SSSR count). The van der Waals surface area contributed by atoms with E-state index in [4.69, 9.17) is 11.6 Å². The third-order valence-corrected chi connectivity index (χ3v) is 5.47. The zero-order valence-corrected chi connectivity index (χ0v) is 14.3. The monoisotopic (exact) mass is 381 g/mol.